The average Bonchev–Trinajstić information content (AvgIpc) is 2.83. The average molecular weight is 504 g/mol. The third-order valence-corrected chi connectivity index (χ3v) is 9.40. The first kappa shape index (κ1) is 33.6. The highest BCUT2D eigenvalue weighted by molar-refractivity contribution is 7.55. The standard InChI is InChI=1S/C28H58NO4P/c1-6-11-14-15-16-17-18-19-22-27(28(29)30)34(31,32-23-25(9-4)20-12-7-2)33-24-26(10-5)21-13-8-3/h25-27H,6-24H2,1-5H3,(H2,29,30). The first-order chi connectivity index (χ1) is 16.4. The number of hydrogen-bond donors (Lipinski definition) is 1. The number of hydrogen-bond acceptors (Lipinski definition) is 4. The molecular weight excluding hydrogens is 445 g/mol. The molecule has 6 heteroatoms. The van der Waals surface area contributed by atoms with E-state index in [0.29, 0.717) is 31.5 Å². The van der Waals surface area contributed by atoms with Crippen molar-refractivity contribution < 1.29 is 18.4 Å². The topological polar surface area (TPSA) is 78.6 Å². The number of carbonyl (C=O) groups is 1. The van der Waals surface area contributed by atoms with Crippen LogP contribution in [0.25, 0.3) is 0 Å². The lowest BCUT2D eigenvalue weighted by atomic mass is 10.0. The van der Waals surface area contributed by atoms with Crippen LogP contribution in [-0.4, -0.2) is 24.8 Å². The van der Waals surface area contributed by atoms with E-state index in [0.717, 1.165) is 70.6 Å². The van der Waals surface area contributed by atoms with Gasteiger partial charge in [0.1, 0.15) is 5.66 Å². The Labute approximate surface area is 212 Å². The molecule has 0 saturated heterocycles. The predicted molar refractivity (Wildman–Crippen MR) is 146 cm³/mol. The molecule has 0 fully saturated rings. The minimum Gasteiger partial charge on any atom is -0.369 e. The molecule has 0 aromatic carbocycles. The van der Waals surface area contributed by atoms with E-state index in [1.807, 2.05) is 0 Å². The summed E-state index contributed by atoms with van der Waals surface area (Å²) in [6.07, 6.45) is 18.3. The summed E-state index contributed by atoms with van der Waals surface area (Å²) in [6, 6.07) is 0. The van der Waals surface area contributed by atoms with Crippen molar-refractivity contribution in [3.63, 3.8) is 0 Å². The predicted octanol–water partition coefficient (Wildman–Crippen LogP) is 9.03. The van der Waals surface area contributed by atoms with Crippen molar-refractivity contribution in [1.82, 2.24) is 0 Å². The molecule has 0 aromatic heterocycles. The lowest BCUT2D eigenvalue weighted by molar-refractivity contribution is -0.118. The fourth-order valence-electron chi connectivity index (χ4n) is 4.36. The molecule has 0 aromatic rings. The van der Waals surface area contributed by atoms with Crippen LogP contribution >= 0.6 is 7.60 Å². The van der Waals surface area contributed by atoms with Crippen LogP contribution in [0.4, 0.5) is 0 Å². The van der Waals surface area contributed by atoms with E-state index in [1.54, 1.807) is 0 Å². The number of amides is 1. The number of rotatable bonds is 25. The smallest absolute Gasteiger partial charge is 0.343 e. The van der Waals surface area contributed by atoms with Gasteiger partial charge in [0.05, 0.1) is 13.2 Å². The van der Waals surface area contributed by atoms with Crippen molar-refractivity contribution >= 4 is 13.5 Å². The van der Waals surface area contributed by atoms with Gasteiger partial charge in [-0.25, -0.2) is 0 Å². The van der Waals surface area contributed by atoms with Crippen molar-refractivity contribution in [3.8, 4) is 0 Å². The maximum Gasteiger partial charge on any atom is 0.343 e. The molecule has 0 aliphatic heterocycles. The van der Waals surface area contributed by atoms with Gasteiger partial charge in [-0.2, -0.15) is 0 Å². The molecule has 204 valence electrons. The van der Waals surface area contributed by atoms with E-state index in [1.165, 1.54) is 32.1 Å². The van der Waals surface area contributed by atoms with Gasteiger partial charge in [0.2, 0.25) is 5.91 Å². The maximum absolute atomic E-state index is 14.0. The van der Waals surface area contributed by atoms with Crippen LogP contribution in [0.1, 0.15) is 144 Å². The molecule has 3 unspecified atom stereocenters. The van der Waals surface area contributed by atoms with Crippen molar-refractivity contribution in [1.29, 1.82) is 0 Å². The molecule has 34 heavy (non-hydrogen) atoms. The Bertz CT molecular complexity index is 505. The van der Waals surface area contributed by atoms with E-state index in [9.17, 15) is 9.36 Å². The van der Waals surface area contributed by atoms with Crippen LogP contribution in [0.2, 0.25) is 0 Å². The lowest BCUT2D eigenvalue weighted by Crippen LogP contribution is -2.31. The van der Waals surface area contributed by atoms with Crippen molar-refractivity contribution in [2.24, 2.45) is 17.6 Å². The molecular formula is C28H58NO4P. The molecule has 5 nitrogen and oxygen atoms in total. The third-order valence-electron chi connectivity index (χ3n) is 7.11. The summed E-state index contributed by atoms with van der Waals surface area (Å²) in [7, 11) is -3.63. The summed E-state index contributed by atoms with van der Waals surface area (Å²) in [4.78, 5) is 12.4. The summed E-state index contributed by atoms with van der Waals surface area (Å²) in [5.41, 5.74) is 4.94. The highest BCUT2D eigenvalue weighted by Gasteiger charge is 2.40. The quantitative estimate of drug-likeness (QED) is 0.0995. The van der Waals surface area contributed by atoms with Gasteiger partial charge in [0.15, 0.2) is 0 Å². The zero-order valence-corrected chi connectivity index (χ0v) is 24.2. The third kappa shape index (κ3) is 15.6. The lowest BCUT2D eigenvalue weighted by Gasteiger charge is -2.28. The normalized spacial score (nSPS) is 16.1. The zero-order chi connectivity index (χ0) is 25.7. The molecule has 0 rings (SSSR count). The molecule has 0 saturated carbocycles. The Morgan fingerprint density at radius 1 is 0.647 bits per heavy atom. The first-order valence-electron chi connectivity index (χ1n) is 14.6. The Morgan fingerprint density at radius 2 is 1.06 bits per heavy atom. The highest BCUT2D eigenvalue weighted by Crippen LogP contribution is 2.55. The number of primary amides is 1. The van der Waals surface area contributed by atoms with Crippen molar-refractivity contribution in [2.45, 2.75) is 149 Å². The Hall–Kier alpha value is -0.380. The van der Waals surface area contributed by atoms with Gasteiger partial charge in [-0.3, -0.25) is 9.36 Å². The van der Waals surface area contributed by atoms with Gasteiger partial charge < -0.3 is 14.8 Å². The Balaban J connectivity index is 5.14. The summed E-state index contributed by atoms with van der Waals surface area (Å²) in [6.45, 7) is 11.6. The first-order valence-corrected chi connectivity index (χ1v) is 16.2. The van der Waals surface area contributed by atoms with Gasteiger partial charge in [0.25, 0.3) is 0 Å². The molecule has 0 aliphatic rings. The zero-order valence-electron chi connectivity index (χ0n) is 23.3. The van der Waals surface area contributed by atoms with Crippen LogP contribution in [0, 0.1) is 11.8 Å². The van der Waals surface area contributed by atoms with E-state index < -0.39 is 19.2 Å². The van der Waals surface area contributed by atoms with Crippen molar-refractivity contribution in [3.05, 3.63) is 0 Å². The van der Waals surface area contributed by atoms with E-state index in [4.69, 9.17) is 14.8 Å². The Morgan fingerprint density at radius 3 is 1.44 bits per heavy atom. The molecule has 3 atom stereocenters. The van der Waals surface area contributed by atoms with Crippen LogP contribution in [-0.2, 0) is 18.4 Å². The SMILES string of the molecule is CCCCCCCCCCC(C(N)=O)P(=O)(OCC(CC)CCCC)OCC(CC)CCCC. The summed E-state index contributed by atoms with van der Waals surface area (Å²) in [5.74, 6) is 0.112. The fraction of sp³-hybridized carbons (Fsp3) is 0.964. The summed E-state index contributed by atoms with van der Waals surface area (Å²) >= 11 is 0. The van der Waals surface area contributed by atoms with E-state index in [2.05, 4.69) is 34.6 Å². The molecule has 0 radical (unpaired) electrons. The van der Waals surface area contributed by atoms with Crippen LogP contribution in [0.15, 0.2) is 0 Å². The van der Waals surface area contributed by atoms with Gasteiger partial charge >= 0.3 is 7.60 Å². The second-order valence-corrected chi connectivity index (χ2v) is 12.4. The summed E-state index contributed by atoms with van der Waals surface area (Å²) < 4.78 is 26.2. The highest BCUT2D eigenvalue weighted by atomic mass is 31.2. The number of carbonyl (C=O) groups excluding carboxylic acids is 1. The minimum absolute atomic E-state index is 0.329. The molecule has 2 N–H and O–H groups in total. The van der Waals surface area contributed by atoms with Crippen molar-refractivity contribution in [2.75, 3.05) is 13.2 Å². The molecule has 0 aliphatic carbocycles. The number of nitrogens with two attached hydrogens (primary N) is 1. The van der Waals surface area contributed by atoms with Gasteiger partial charge in [0, 0.05) is 0 Å². The monoisotopic (exact) mass is 503 g/mol. The molecule has 0 heterocycles. The summed E-state index contributed by atoms with van der Waals surface area (Å²) in [5, 5.41) is 0. The Kier molecular flexibility index (Phi) is 21.6. The number of unbranched alkanes of at least 4 members (excludes halogenated alkanes) is 9. The largest absolute Gasteiger partial charge is 0.369 e. The van der Waals surface area contributed by atoms with E-state index in [-0.39, 0.29) is 0 Å². The maximum atomic E-state index is 14.0. The second-order valence-electron chi connectivity index (χ2n) is 10.1. The minimum atomic E-state index is -3.63. The van der Waals surface area contributed by atoms with E-state index >= 15 is 0 Å². The van der Waals surface area contributed by atoms with Crippen LogP contribution < -0.4 is 5.73 Å². The van der Waals surface area contributed by atoms with Gasteiger partial charge in [-0.05, 0) is 31.1 Å². The molecule has 1 amide bonds. The molecule has 0 spiro atoms. The van der Waals surface area contributed by atoms with Crippen LogP contribution in [0.3, 0.4) is 0 Å². The fourth-order valence-corrected chi connectivity index (χ4v) is 6.44. The van der Waals surface area contributed by atoms with Gasteiger partial charge in [-0.15, -0.1) is 0 Å². The van der Waals surface area contributed by atoms with Gasteiger partial charge in [-0.1, -0.05) is 125 Å². The van der Waals surface area contributed by atoms with Crippen LogP contribution in [0.5, 0.6) is 0 Å². The second kappa shape index (κ2) is 21.9. The molecule has 0 bridgehead atoms.